The van der Waals surface area contributed by atoms with E-state index in [0.29, 0.717) is 13.0 Å². The van der Waals surface area contributed by atoms with Gasteiger partial charge in [-0.1, -0.05) is 0 Å². The molecule has 0 spiro atoms. The van der Waals surface area contributed by atoms with Crippen LogP contribution >= 0.6 is 11.6 Å². The number of nitrogens with one attached hydrogen (secondary N) is 1. The van der Waals surface area contributed by atoms with E-state index in [0.717, 1.165) is 0 Å². The number of likely N-dealkylation sites (tertiary alicyclic amines) is 1. The molecule has 7 heteroatoms. The zero-order valence-corrected chi connectivity index (χ0v) is 10.3. The van der Waals surface area contributed by atoms with Crippen molar-refractivity contribution in [1.29, 1.82) is 0 Å². The average molecular weight is 263 g/mol. The van der Waals surface area contributed by atoms with Crippen molar-refractivity contribution in [3.05, 3.63) is 0 Å². The van der Waals surface area contributed by atoms with Gasteiger partial charge in [0.25, 0.3) is 0 Å². The maximum Gasteiger partial charge on any atom is 0.324 e. The van der Waals surface area contributed by atoms with Crippen molar-refractivity contribution in [2.24, 2.45) is 5.92 Å². The maximum atomic E-state index is 11.6. The molecule has 0 radical (unpaired) electrons. The van der Waals surface area contributed by atoms with Gasteiger partial charge in [0.15, 0.2) is 0 Å². The molecule has 1 N–H and O–H groups in total. The highest BCUT2D eigenvalue weighted by Gasteiger charge is 2.32. The van der Waals surface area contributed by atoms with Gasteiger partial charge in [0.1, 0.15) is 0 Å². The molecule has 1 unspecified atom stereocenters. The number of nitrogens with zero attached hydrogens (tertiary/aromatic N) is 1. The van der Waals surface area contributed by atoms with Crippen LogP contribution in [0.1, 0.15) is 12.8 Å². The lowest BCUT2D eigenvalue weighted by Gasteiger charge is -2.15. The number of urea groups is 1. The molecule has 1 rings (SSSR count). The zero-order valence-electron chi connectivity index (χ0n) is 9.57. The molecule has 1 fully saturated rings. The van der Waals surface area contributed by atoms with E-state index in [2.05, 4.69) is 10.1 Å². The van der Waals surface area contributed by atoms with Crippen LogP contribution in [0.4, 0.5) is 4.79 Å². The Morgan fingerprint density at radius 1 is 1.47 bits per heavy atom. The van der Waals surface area contributed by atoms with Gasteiger partial charge in [-0.3, -0.25) is 14.9 Å². The number of esters is 1. The Balaban J connectivity index is 2.40. The SMILES string of the molecule is COC(=O)C1CCN(C(=O)NC(=O)CCCl)C1. The summed E-state index contributed by atoms with van der Waals surface area (Å²) in [5.74, 6) is -0.864. The van der Waals surface area contributed by atoms with Crippen LogP contribution in [0, 0.1) is 5.92 Å². The molecule has 1 aliphatic heterocycles. The molecular weight excluding hydrogens is 248 g/mol. The Hall–Kier alpha value is -1.30. The van der Waals surface area contributed by atoms with E-state index in [1.165, 1.54) is 12.0 Å². The Bertz CT molecular complexity index is 321. The number of imide groups is 1. The number of hydrogen-bond donors (Lipinski definition) is 1. The van der Waals surface area contributed by atoms with Gasteiger partial charge < -0.3 is 9.64 Å². The van der Waals surface area contributed by atoms with Crippen LogP contribution in [0.25, 0.3) is 0 Å². The molecule has 1 aliphatic rings. The van der Waals surface area contributed by atoms with E-state index >= 15 is 0 Å². The molecule has 1 atom stereocenters. The number of methoxy groups -OCH3 is 1. The predicted molar refractivity (Wildman–Crippen MR) is 60.6 cm³/mol. The summed E-state index contributed by atoms with van der Waals surface area (Å²) >= 11 is 5.38. The Morgan fingerprint density at radius 2 is 2.18 bits per heavy atom. The minimum atomic E-state index is -0.480. The summed E-state index contributed by atoms with van der Waals surface area (Å²) in [4.78, 5) is 35.4. The van der Waals surface area contributed by atoms with E-state index in [9.17, 15) is 14.4 Å². The predicted octanol–water partition coefficient (Wildman–Crippen LogP) is 0.346. The third kappa shape index (κ3) is 3.89. The van der Waals surface area contributed by atoms with Crippen LogP contribution in [0.5, 0.6) is 0 Å². The zero-order chi connectivity index (χ0) is 12.8. The fraction of sp³-hybridized carbons (Fsp3) is 0.700. The lowest BCUT2D eigenvalue weighted by atomic mass is 10.1. The minimum absolute atomic E-state index is 0.0988. The van der Waals surface area contributed by atoms with Crippen molar-refractivity contribution < 1.29 is 19.1 Å². The number of carbonyl (C=O) groups excluding carboxylic acids is 3. The molecule has 96 valence electrons. The van der Waals surface area contributed by atoms with Crippen LogP contribution in [-0.2, 0) is 14.3 Å². The van der Waals surface area contributed by atoms with Gasteiger partial charge in [-0.25, -0.2) is 4.79 Å². The summed E-state index contributed by atoms with van der Waals surface area (Å²) in [6.45, 7) is 0.729. The van der Waals surface area contributed by atoms with Crippen molar-refractivity contribution in [3.8, 4) is 0 Å². The molecule has 0 saturated carbocycles. The normalized spacial score (nSPS) is 18.9. The van der Waals surface area contributed by atoms with Crippen molar-refractivity contribution in [2.75, 3.05) is 26.1 Å². The molecular formula is C10H15ClN2O4. The minimum Gasteiger partial charge on any atom is -0.469 e. The number of alkyl halides is 1. The van der Waals surface area contributed by atoms with Crippen molar-refractivity contribution in [2.45, 2.75) is 12.8 Å². The number of ether oxygens (including phenoxy) is 1. The second-order valence-corrected chi connectivity index (χ2v) is 4.13. The highest BCUT2D eigenvalue weighted by molar-refractivity contribution is 6.19. The number of amides is 3. The second-order valence-electron chi connectivity index (χ2n) is 3.75. The van der Waals surface area contributed by atoms with Crippen LogP contribution in [0.2, 0.25) is 0 Å². The quantitative estimate of drug-likeness (QED) is 0.588. The lowest BCUT2D eigenvalue weighted by Crippen LogP contribution is -2.42. The van der Waals surface area contributed by atoms with Gasteiger partial charge in [-0.2, -0.15) is 0 Å². The largest absolute Gasteiger partial charge is 0.469 e. The molecule has 0 aromatic rings. The van der Waals surface area contributed by atoms with Gasteiger partial charge in [0.2, 0.25) is 5.91 Å². The molecule has 1 heterocycles. The third-order valence-corrected chi connectivity index (χ3v) is 2.77. The smallest absolute Gasteiger partial charge is 0.324 e. The highest BCUT2D eigenvalue weighted by atomic mass is 35.5. The van der Waals surface area contributed by atoms with Crippen LogP contribution in [0.15, 0.2) is 0 Å². The lowest BCUT2D eigenvalue weighted by molar-refractivity contribution is -0.144. The van der Waals surface area contributed by atoms with Gasteiger partial charge >= 0.3 is 12.0 Å². The van der Waals surface area contributed by atoms with Gasteiger partial charge in [0, 0.05) is 25.4 Å². The van der Waals surface area contributed by atoms with E-state index in [4.69, 9.17) is 11.6 Å². The molecule has 0 bridgehead atoms. The van der Waals surface area contributed by atoms with Crippen LogP contribution in [-0.4, -0.2) is 48.9 Å². The summed E-state index contributed by atoms with van der Waals surface area (Å²) in [6, 6.07) is -0.480. The average Bonchev–Trinajstić information content (AvgIpc) is 2.77. The first-order valence-electron chi connectivity index (χ1n) is 5.31. The molecule has 0 aliphatic carbocycles. The fourth-order valence-electron chi connectivity index (χ4n) is 1.65. The van der Waals surface area contributed by atoms with Crippen LogP contribution in [0.3, 0.4) is 0 Å². The molecule has 1 saturated heterocycles. The number of carbonyl (C=O) groups is 3. The summed E-state index contributed by atoms with van der Waals surface area (Å²) in [5.41, 5.74) is 0. The highest BCUT2D eigenvalue weighted by Crippen LogP contribution is 2.17. The third-order valence-electron chi connectivity index (χ3n) is 2.58. The number of hydrogen-bond acceptors (Lipinski definition) is 4. The first-order valence-corrected chi connectivity index (χ1v) is 5.84. The molecule has 0 aromatic carbocycles. The summed E-state index contributed by atoms with van der Waals surface area (Å²) in [5, 5.41) is 2.21. The standard InChI is InChI=1S/C10H15ClN2O4/c1-17-9(15)7-3-5-13(6-7)10(16)12-8(14)2-4-11/h7H,2-6H2,1H3,(H,12,14,16). The van der Waals surface area contributed by atoms with Gasteiger partial charge in [0.05, 0.1) is 13.0 Å². The number of rotatable bonds is 3. The van der Waals surface area contributed by atoms with Crippen molar-refractivity contribution >= 4 is 29.5 Å². The summed E-state index contributed by atoms with van der Waals surface area (Å²) in [6.07, 6.45) is 0.658. The van der Waals surface area contributed by atoms with Gasteiger partial charge in [-0.15, -0.1) is 11.6 Å². The van der Waals surface area contributed by atoms with Crippen LogP contribution < -0.4 is 5.32 Å². The van der Waals surface area contributed by atoms with E-state index in [1.807, 2.05) is 0 Å². The Labute approximate surface area is 104 Å². The molecule has 6 nitrogen and oxygen atoms in total. The maximum absolute atomic E-state index is 11.6. The fourth-order valence-corrected chi connectivity index (χ4v) is 1.82. The molecule has 17 heavy (non-hydrogen) atoms. The van der Waals surface area contributed by atoms with Crippen molar-refractivity contribution in [3.63, 3.8) is 0 Å². The first kappa shape index (κ1) is 13.8. The van der Waals surface area contributed by atoms with E-state index in [1.54, 1.807) is 0 Å². The summed E-state index contributed by atoms with van der Waals surface area (Å²) < 4.78 is 4.60. The first-order chi connectivity index (χ1) is 8.08. The topological polar surface area (TPSA) is 75.7 Å². The molecule has 3 amide bonds. The number of halogens is 1. The van der Waals surface area contributed by atoms with Gasteiger partial charge in [-0.05, 0) is 6.42 Å². The monoisotopic (exact) mass is 262 g/mol. The van der Waals surface area contributed by atoms with E-state index in [-0.39, 0.29) is 30.7 Å². The summed E-state index contributed by atoms with van der Waals surface area (Å²) in [7, 11) is 1.31. The Morgan fingerprint density at radius 3 is 2.76 bits per heavy atom. The van der Waals surface area contributed by atoms with E-state index < -0.39 is 11.9 Å². The Kier molecular flexibility index (Phi) is 5.21. The van der Waals surface area contributed by atoms with Crippen molar-refractivity contribution in [1.82, 2.24) is 10.2 Å². The second kappa shape index (κ2) is 6.44. The molecule has 0 aromatic heterocycles.